The van der Waals surface area contributed by atoms with Crippen molar-refractivity contribution in [1.82, 2.24) is 4.90 Å². The van der Waals surface area contributed by atoms with Crippen LogP contribution < -0.4 is 0 Å². The summed E-state index contributed by atoms with van der Waals surface area (Å²) >= 11 is 0. The van der Waals surface area contributed by atoms with Gasteiger partial charge < -0.3 is 10.0 Å². The summed E-state index contributed by atoms with van der Waals surface area (Å²) in [6.07, 6.45) is 0.811. The number of hydrogen-bond donors (Lipinski definition) is 1. The van der Waals surface area contributed by atoms with Gasteiger partial charge in [-0.2, -0.15) is 5.26 Å². The summed E-state index contributed by atoms with van der Waals surface area (Å²) in [6.45, 7) is 1.18. The molecule has 4 nitrogen and oxygen atoms in total. The van der Waals surface area contributed by atoms with Gasteiger partial charge in [0, 0.05) is 32.0 Å². The van der Waals surface area contributed by atoms with Crippen LogP contribution in [-0.2, 0) is 4.79 Å². The van der Waals surface area contributed by atoms with Gasteiger partial charge in [-0.3, -0.25) is 4.79 Å². The van der Waals surface area contributed by atoms with Crippen LogP contribution in [0.3, 0.4) is 0 Å². The van der Waals surface area contributed by atoms with E-state index in [1.807, 2.05) is 6.07 Å². The lowest BCUT2D eigenvalue weighted by atomic mass is 10.1. The van der Waals surface area contributed by atoms with Crippen molar-refractivity contribution in [3.05, 3.63) is 0 Å². The molecule has 1 aliphatic rings. The van der Waals surface area contributed by atoms with Crippen LogP contribution >= 0.6 is 0 Å². The first kappa shape index (κ1) is 9.01. The zero-order valence-electron chi connectivity index (χ0n) is 6.86. The van der Waals surface area contributed by atoms with E-state index >= 15 is 0 Å². The number of nitriles is 1. The fourth-order valence-electron chi connectivity index (χ4n) is 1.38. The van der Waals surface area contributed by atoms with Gasteiger partial charge in [0.05, 0.1) is 12.5 Å². The van der Waals surface area contributed by atoms with E-state index in [2.05, 4.69) is 0 Å². The van der Waals surface area contributed by atoms with E-state index in [9.17, 15) is 4.79 Å². The highest BCUT2D eigenvalue weighted by molar-refractivity contribution is 5.78. The summed E-state index contributed by atoms with van der Waals surface area (Å²) in [5.74, 6) is 0.139. The third-order valence-corrected chi connectivity index (χ3v) is 2.05. The van der Waals surface area contributed by atoms with Crippen LogP contribution in [0.4, 0.5) is 0 Å². The maximum absolute atomic E-state index is 11.2. The van der Waals surface area contributed by atoms with Crippen LogP contribution in [0.2, 0.25) is 0 Å². The Kier molecular flexibility index (Phi) is 3.06. The van der Waals surface area contributed by atoms with Crippen molar-refractivity contribution in [2.24, 2.45) is 5.92 Å². The maximum Gasteiger partial charge on any atom is 0.223 e. The molecule has 1 rings (SSSR count). The molecule has 1 unspecified atom stereocenters. The van der Waals surface area contributed by atoms with Crippen molar-refractivity contribution in [2.75, 3.05) is 19.7 Å². The van der Waals surface area contributed by atoms with Crippen molar-refractivity contribution in [2.45, 2.75) is 12.8 Å². The first-order valence-electron chi connectivity index (χ1n) is 4.03. The summed E-state index contributed by atoms with van der Waals surface area (Å²) in [7, 11) is 0. The zero-order chi connectivity index (χ0) is 8.97. The molecule has 1 heterocycles. The molecule has 0 saturated carbocycles. The first-order valence-corrected chi connectivity index (χ1v) is 4.03. The number of aliphatic hydroxyl groups excluding tert-OH is 1. The summed E-state index contributed by atoms with van der Waals surface area (Å²) in [5.41, 5.74) is 0. The number of rotatable bonds is 3. The molecule has 1 saturated heterocycles. The van der Waals surface area contributed by atoms with Gasteiger partial charge in [0.1, 0.15) is 0 Å². The van der Waals surface area contributed by atoms with Gasteiger partial charge in [-0.25, -0.2) is 0 Å². The number of amides is 1. The second-order valence-corrected chi connectivity index (χ2v) is 3.00. The Hall–Kier alpha value is -1.08. The fraction of sp³-hybridized carbons (Fsp3) is 0.750. The summed E-state index contributed by atoms with van der Waals surface area (Å²) in [4.78, 5) is 12.8. The largest absolute Gasteiger partial charge is 0.396 e. The number of aliphatic hydroxyl groups is 1. The lowest BCUT2D eigenvalue weighted by molar-refractivity contribution is -0.127. The number of carbonyl (C=O) groups is 1. The molecule has 4 heteroatoms. The minimum absolute atomic E-state index is 0.0595. The van der Waals surface area contributed by atoms with E-state index in [1.165, 1.54) is 0 Å². The van der Waals surface area contributed by atoms with E-state index in [0.717, 1.165) is 0 Å². The molecule has 1 N–H and O–H groups in total. The highest BCUT2D eigenvalue weighted by atomic mass is 16.3. The van der Waals surface area contributed by atoms with Gasteiger partial charge in [0.2, 0.25) is 5.91 Å². The first-order chi connectivity index (χ1) is 5.77. The van der Waals surface area contributed by atoms with Crippen LogP contribution in [0.5, 0.6) is 0 Å². The molecular formula is C8H12N2O2. The van der Waals surface area contributed by atoms with Gasteiger partial charge in [0.25, 0.3) is 0 Å². The van der Waals surface area contributed by atoms with E-state index < -0.39 is 0 Å². The SMILES string of the molecule is N#CCCN1CC(CO)CC1=O. The van der Waals surface area contributed by atoms with E-state index in [-0.39, 0.29) is 18.4 Å². The van der Waals surface area contributed by atoms with Crippen LogP contribution in [0.1, 0.15) is 12.8 Å². The van der Waals surface area contributed by atoms with E-state index in [1.54, 1.807) is 4.90 Å². The van der Waals surface area contributed by atoms with Crippen molar-refractivity contribution in [3.8, 4) is 6.07 Å². The average molecular weight is 168 g/mol. The Balaban J connectivity index is 2.37. The van der Waals surface area contributed by atoms with Gasteiger partial charge in [-0.15, -0.1) is 0 Å². The van der Waals surface area contributed by atoms with Gasteiger partial charge in [-0.1, -0.05) is 0 Å². The number of nitrogens with zero attached hydrogens (tertiary/aromatic N) is 2. The van der Waals surface area contributed by atoms with Crippen molar-refractivity contribution in [1.29, 1.82) is 5.26 Å². The average Bonchev–Trinajstić information content (AvgIpc) is 2.43. The molecule has 12 heavy (non-hydrogen) atoms. The second-order valence-electron chi connectivity index (χ2n) is 3.00. The molecule has 1 aliphatic heterocycles. The quantitative estimate of drug-likeness (QED) is 0.631. The molecule has 0 radical (unpaired) electrons. The molecule has 0 aromatic carbocycles. The minimum Gasteiger partial charge on any atom is -0.396 e. The molecule has 1 fully saturated rings. The number of carbonyl (C=O) groups excluding carboxylic acids is 1. The molecule has 0 aliphatic carbocycles. The number of likely N-dealkylation sites (tertiary alicyclic amines) is 1. The molecule has 1 atom stereocenters. The van der Waals surface area contributed by atoms with Crippen LogP contribution in [0.15, 0.2) is 0 Å². The Labute approximate surface area is 71.4 Å². The van der Waals surface area contributed by atoms with Crippen LogP contribution in [0, 0.1) is 17.2 Å². The molecular weight excluding hydrogens is 156 g/mol. The highest BCUT2D eigenvalue weighted by Gasteiger charge is 2.28. The van der Waals surface area contributed by atoms with Crippen molar-refractivity contribution < 1.29 is 9.90 Å². The smallest absolute Gasteiger partial charge is 0.223 e. The minimum atomic E-state index is 0.0595. The molecule has 0 aromatic rings. The molecule has 0 spiro atoms. The monoisotopic (exact) mass is 168 g/mol. The van der Waals surface area contributed by atoms with Gasteiger partial charge in [-0.05, 0) is 0 Å². The lowest BCUT2D eigenvalue weighted by Gasteiger charge is -2.13. The molecule has 66 valence electrons. The third-order valence-electron chi connectivity index (χ3n) is 2.05. The fourth-order valence-corrected chi connectivity index (χ4v) is 1.38. The third kappa shape index (κ3) is 1.95. The second kappa shape index (κ2) is 4.07. The Bertz CT molecular complexity index is 210. The van der Waals surface area contributed by atoms with Crippen LogP contribution in [0.25, 0.3) is 0 Å². The maximum atomic E-state index is 11.2. The Morgan fingerprint density at radius 3 is 3.00 bits per heavy atom. The summed E-state index contributed by atoms with van der Waals surface area (Å²) < 4.78 is 0. The Morgan fingerprint density at radius 1 is 1.75 bits per heavy atom. The molecule has 0 aromatic heterocycles. The highest BCUT2D eigenvalue weighted by Crippen LogP contribution is 2.16. The molecule has 1 amide bonds. The van der Waals surface area contributed by atoms with E-state index in [4.69, 9.17) is 10.4 Å². The topological polar surface area (TPSA) is 64.3 Å². The predicted molar refractivity (Wildman–Crippen MR) is 42.0 cm³/mol. The van der Waals surface area contributed by atoms with Crippen molar-refractivity contribution >= 4 is 5.91 Å². The summed E-state index contributed by atoms with van der Waals surface area (Å²) in [6, 6.07) is 1.99. The standard InChI is InChI=1S/C8H12N2O2/c9-2-1-3-10-5-7(6-11)4-8(10)12/h7,11H,1,3-6H2. The zero-order valence-corrected chi connectivity index (χ0v) is 6.86. The van der Waals surface area contributed by atoms with E-state index in [0.29, 0.717) is 25.9 Å². The van der Waals surface area contributed by atoms with Crippen molar-refractivity contribution in [3.63, 3.8) is 0 Å². The number of hydrogen-bond acceptors (Lipinski definition) is 3. The lowest BCUT2D eigenvalue weighted by Crippen LogP contribution is -2.26. The Morgan fingerprint density at radius 2 is 2.50 bits per heavy atom. The molecule has 0 bridgehead atoms. The van der Waals surface area contributed by atoms with Gasteiger partial charge >= 0.3 is 0 Å². The predicted octanol–water partition coefficient (Wildman–Crippen LogP) is -0.259. The normalized spacial score (nSPS) is 22.8. The van der Waals surface area contributed by atoms with Gasteiger partial charge in [0.15, 0.2) is 0 Å². The summed E-state index contributed by atoms with van der Waals surface area (Å²) in [5, 5.41) is 17.1. The van der Waals surface area contributed by atoms with Crippen LogP contribution in [-0.4, -0.2) is 35.6 Å².